The van der Waals surface area contributed by atoms with E-state index in [0.29, 0.717) is 21.5 Å². The summed E-state index contributed by atoms with van der Waals surface area (Å²) in [6, 6.07) is 20.7. The van der Waals surface area contributed by atoms with Crippen LogP contribution in [0.4, 0.5) is 10.1 Å². The molecule has 3 aromatic carbocycles. The van der Waals surface area contributed by atoms with E-state index in [1.807, 2.05) is 36.4 Å². The van der Waals surface area contributed by atoms with E-state index in [1.165, 1.54) is 11.6 Å². The molecule has 0 radical (unpaired) electrons. The summed E-state index contributed by atoms with van der Waals surface area (Å²) in [6.07, 6.45) is 0.682. The number of nitrogens with zero attached hydrogens (tertiary/aromatic N) is 2. The normalized spacial score (nSPS) is 17.3. The Balaban J connectivity index is 1.56. The van der Waals surface area contributed by atoms with Gasteiger partial charge in [0.15, 0.2) is 0 Å². The van der Waals surface area contributed by atoms with E-state index in [1.54, 1.807) is 12.1 Å². The molecule has 1 atom stereocenters. The molecule has 6 heteroatoms. The molecule has 1 saturated heterocycles. The Kier molecular flexibility index (Phi) is 6.84. The molecule has 4 rings (SSSR count). The van der Waals surface area contributed by atoms with E-state index in [2.05, 4.69) is 21.9 Å². The summed E-state index contributed by atoms with van der Waals surface area (Å²) in [6.45, 7) is 3.30. The highest BCUT2D eigenvalue weighted by Gasteiger charge is 2.29. The van der Waals surface area contributed by atoms with E-state index in [-0.39, 0.29) is 11.9 Å². The first kappa shape index (κ1) is 21.5. The van der Waals surface area contributed by atoms with Gasteiger partial charge < -0.3 is 4.90 Å². The van der Waals surface area contributed by atoms with Gasteiger partial charge in [-0.2, -0.15) is 0 Å². The summed E-state index contributed by atoms with van der Waals surface area (Å²) in [5.74, 6) is -0.140. The van der Waals surface area contributed by atoms with Crippen LogP contribution in [-0.2, 0) is 6.42 Å². The van der Waals surface area contributed by atoms with Crippen LogP contribution in [0, 0.1) is 5.82 Å². The fourth-order valence-corrected chi connectivity index (χ4v) is 4.64. The standard InChI is InChI=1S/C24H22Cl3FN2/c25-19-7-5-18(6-8-19)24-16-29(12-11-17-3-1-2-4-22(17)28)13-14-30(24)23-10-9-20(26)15-21(23)27/h1-10,15,24H,11-14,16H2. The predicted molar refractivity (Wildman–Crippen MR) is 125 cm³/mol. The number of hydrogen-bond donors (Lipinski definition) is 0. The Labute approximate surface area is 191 Å². The van der Waals surface area contributed by atoms with Gasteiger partial charge in [0.25, 0.3) is 0 Å². The first-order chi connectivity index (χ1) is 14.5. The van der Waals surface area contributed by atoms with Crippen molar-refractivity contribution < 1.29 is 4.39 Å². The van der Waals surface area contributed by atoms with Gasteiger partial charge in [0.1, 0.15) is 5.82 Å². The Morgan fingerprint density at radius 3 is 2.33 bits per heavy atom. The maximum atomic E-state index is 14.0. The second-order valence-electron chi connectivity index (χ2n) is 7.50. The highest BCUT2D eigenvalue weighted by atomic mass is 35.5. The molecule has 1 aliphatic rings. The second-order valence-corrected chi connectivity index (χ2v) is 8.78. The molecule has 0 N–H and O–H groups in total. The molecule has 0 aliphatic carbocycles. The van der Waals surface area contributed by atoms with Crippen molar-refractivity contribution in [2.45, 2.75) is 12.5 Å². The van der Waals surface area contributed by atoms with Crippen LogP contribution < -0.4 is 4.90 Å². The molecule has 1 aliphatic heterocycles. The topological polar surface area (TPSA) is 6.48 Å². The molecule has 3 aromatic rings. The Hall–Kier alpha value is -1.78. The minimum Gasteiger partial charge on any atom is -0.361 e. The number of halogens is 4. The summed E-state index contributed by atoms with van der Waals surface area (Å²) >= 11 is 18.8. The quantitative estimate of drug-likeness (QED) is 0.406. The third-order valence-electron chi connectivity index (χ3n) is 5.59. The molecule has 0 bridgehead atoms. The number of benzene rings is 3. The monoisotopic (exact) mass is 462 g/mol. The Morgan fingerprint density at radius 1 is 0.867 bits per heavy atom. The molecule has 1 heterocycles. The van der Waals surface area contributed by atoms with Crippen LogP contribution in [0.25, 0.3) is 0 Å². The molecular weight excluding hydrogens is 442 g/mol. The zero-order valence-corrected chi connectivity index (χ0v) is 18.6. The van der Waals surface area contributed by atoms with Crippen molar-refractivity contribution >= 4 is 40.5 Å². The molecule has 0 aromatic heterocycles. The van der Waals surface area contributed by atoms with Gasteiger partial charge in [-0.15, -0.1) is 0 Å². The van der Waals surface area contributed by atoms with Crippen LogP contribution in [0.5, 0.6) is 0 Å². The van der Waals surface area contributed by atoms with Crippen LogP contribution in [0.2, 0.25) is 15.1 Å². The van der Waals surface area contributed by atoms with E-state index in [4.69, 9.17) is 34.8 Å². The van der Waals surface area contributed by atoms with Crippen LogP contribution in [0.3, 0.4) is 0 Å². The third kappa shape index (κ3) is 4.92. The van der Waals surface area contributed by atoms with Crippen molar-refractivity contribution in [2.24, 2.45) is 0 Å². The van der Waals surface area contributed by atoms with Gasteiger partial charge in [-0.3, -0.25) is 4.90 Å². The predicted octanol–water partition coefficient (Wildman–Crippen LogP) is 6.89. The average molecular weight is 464 g/mol. The minimum atomic E-state index is -0.140. The van der Waals surface area contributed by atoms with E-state index in [9.17, 15) is 4.39 Å². The van der Waals surface area contributed by atoms with Gasteiger partial charge in [-0.05, 0) is 53.9 Å². The molecule has 30 heavy (non-hydrogen) atoms. The summed E-state index contributed by atoms with van der Waals surface area (Å²) in [5, 5.41) is 1.97. The number of hydrogen-bond acceptors (Lipinski definition) is 2. The minimum absolute atomic E-state index is 0.107. The number of piperazine rings is 1. The van der Waals surface area contributed by atoms with Crippen LogP contribution >= 0.6 is 34.8 Å². The van der Waals surface area contributed by atoms with Crippen molar-refractivity contribution in [1.82, 2.24) is 4.90 Å². The molecule has 0 saturated carbocycles. The first-order valence-electron chi connectivity index (χ1n) is 9.94. The number of rotatable bonds is 5. The molecule has 0 spiro atoms. The lowest BCUT2D eigenvalue weighted by atomic mass is 10.0. The SMILES string of the molecule is Fc1ccccc1CCN1CCN(c2ccc(Cl)cc2Cl)C(c2ccc(Cl)cc2)C1. The molecule has 1 fully saturated rings. The largest absolute Gasteiger partial charge is 0.361 e. The molecule has 156 valence electrons. The van der Waals surface area contributed by atoms with Crippen molar-refractivity contribution in [3.8, 4) is 0 Å². The van der Waals surface area contributed by atoms with Gasteiger partial charge in [0.05, 0.1) is 16.8 Å². The highest BCUT2D eigenvalue weighted by Crippen LogP contribution is 2.36. The molecule has 1 unspecified atom stereocenters. The summed E-state index contributed by atoms with van der Waals surface area (Å²) in [5.41, 5.74) is 2.89. The summed E-state index contributed by atoms with van der Waals surface area (Å²) in [4.78, 5) is 4.70. The van der Waals surface area contributed by atoms with Gasteiger partial charge in [0.2, 0.25) is 0 Å². The highest BCUT2D eigenvalue weighted by molar-refractivity contribution is 6.36. The molecule has 0 amide bonds. The Morgan fingerprint density at radius 2 is 1.60 bits per heavy atom. The van der Waals surface area contributed by atoms with Gasteiger partial charge in [0, 0.05) is 36.2 Å². The van der Waals surface area contributed by atoms with E-state index >= 15 is 0 Å². The number of anilines is 1. The molecule has 2 nitrogen and oxygen atoms in total. The van der Waals surface area contributed by atoms with Crippen molar-refractivity contribution in [3.05, 3.63) is 98.7 Å². The van der Waals surface area contributed by atoms with Crippen LogP contribution in [0.15, 0.2) is 66.7 Å². The van der Waals surface area contributed by atoms with Crippen molar-refractivity contribution in [3.63, 3.8) is 0 Å². The van der Waals surface area contributed by atoms with E-state index in [0.717, 1.165) is 37.4 Å². The van der Waals surface area contributed by atoms with Crippen molar-refractivity contribution in [1.29, 1.82) is 0 Å². The third-order valence-corrected chi connectivity index (χ3v) is 6.38. The lowest BCUT2D eigenvalue weighted by Crippen LogP contribution is -2.49. The fourth-order valence-electron chi connectivity index (χ4n) is 4.00. The maximum absolute atomic E-state index is 14.0. The van der Waals surface area contributed by atoms with Crippen LogP contribution in [-0.4, -0.2) is 31.1 Å². The first-order valence-corrected chi connectivity index (χ1v) is 11.1. The smallest absolute Gasteiger partial charge is 0.126 e. The summed E-state index contributed by atoms with van der Waals surface area (Å²) < 4.78 is 14.0. The molecular formula is C24H22Cl3FN2. The zero-order valence-electron chi connectivity index (χ0n) is 16.4. The van der Waals surface area contributed by atoms with Crippen molar-refractivity contribution in [2.75, 3.05) is 31.1 Å². The fraction of sp³-hybridized carbons (Fsp3) is 0.250. The van der Waals surface area contributed by atoms with Gasteiger partial charge in [-0.25, -0.2) is 4.39 Å². The second kappa shape index (κ2) is 9.57. The maximum Gasteiger partial charge on any atom is 0.126 e. The summed E-state index contributed by atoms with van der Waals surface area (Å²) in [7, 11) is 0. The zero-order chi connectivity index (χ0) is 21.1. The Bertz CT molecular complexity index is 1010. The van der Waals surface area contributed by atoms with Crippen LogP contribution in [0.1, 0.15) is 17.2 Å². The lowest BCUT2D eigenvalue weighted by Gasteiger charge is -2.43. The van der Waals surface area contributed by atoms with Gasteiger partial charge in [-0.1, -0.05) is 65.1 Å². The average Bonchev–Trinajstić information content (AvgIpc) is 2.74. The van der Waals surface area contributed by atoms with Gasteiger partial charge >= 0.3 is 0 Å². The lowest BCUT2D eigenvalue weighted by molar-refractivity contribution is 0.225. The van der Waals surface area contributed by atoms with E-state index < -0.39 is 0 Å².